The summed E-state index contributed by atoms with van der Waals surface area (Å²) in [5, 5.41) is 5.69. The minimum absolute atomic E-state index is 0.00150. The lowest BCUT2D eigenvalue weighted by molar-refractivity contribution is -0.131. The molecule has 7 nitrogen and oxygen atoms in total. The van der Waals surface area contributed by atoms with E-state index < -0.39 is 0 Å². The second-order valence-corrected chi connectivity index (χ2v) is 6.09. The van der Waals surface area contributed by atoms with Gasteiger partial charge in [0.25, 0.3) is 0 Å². The van der Waals surface area contributed by atoms with Crippen LogP contribution in [0.15, 0.2) is 12.3 Å². The smallest absolute Gasteiger partial charge is 0.223 e. The van der Waals surface area contributed by atoms with Gasteiger partial charge in [-0.3, -0.25) is 14.4 Å². The molecule has 0 aromatic rings. The van der Waals surface area contributed by atoms with E-state index in [9.17, 15) is 14.4 Å². The molecular weight excluding hydrogens is 312 g/mol. The van der Waals surface area contributed by atoms with Crippen LogP contribution in [0.25, 0.3) is 0 Å². The molecule has 24 heavy (non-hydrogen) atoms. The minimum Gasteiger partial charge on any atom is -0.497 e. The topological polar surface area (TPSA) is 93.7 Å². The molecule has 1 saturated carbocycles. The third kappa shape index (κ3) is 8.67. The zero-order valence-corrected chi connectivity index (χ0v) is 14.6. The monoisotopic (exact) mass is 340 g/mol. The third-order valence-corrected chi connectivity index (χ3v) is 3.70. The first-order valence-electron chi connectivity index (χ1n) is 8.31. The van der Waals surface area contributed by atoms with Crippen LogP contribution in [-0.4, -0.2) is 50.0 Å². The number of Topliss-reactive ketones (excluding diaryl/α,β-unsaturated/α-hetero) is 1. The van der Waals surface area contributed by atoms with E-state index in [4.69, 9.17) is 9.47 Å². The van der Waals surface area contributed by atoms with Crippen LogP contribution in [0.5, 0.6) is 0 Å². The summed E-state index contributed by atoms with van der Waals surface area (Å²) >= 11 is 0. The molecule has 2 amide bonds. The summed E-state index contributed by atoms with van der Waals surface area (Å²) in [4.78, 5) is 34.3. The van der Waals surface area contributed by atoms with Crippen molar-refractivity contribution >= 4 is 17.6 Å². The van der Waals surface area contributed by atoms with Crippen molar-refractivity contribution in [3.05, 3.63) is 12.3 Å². The molecule has 0 heterocycles. The fourth-order valence-corrected chi connectivity index (χ4v) is 2.28. The van der Waals surface area contributed by atoms with Gasteiger partial charge in [-0.2, -0.15) is 0 Å². The van der Waals surface area contributed by atoms with E-state index >= 15 is 0 Å². The Morgan fingerprint density at radius 3 is 2.38 bits per heavy atom. The number of rotatable bonds is 12. The van der Waals surface area contributed by atoms with Gasteiger partial charge in [-0.15, -0.1) is 0 Å². The Kier molecular flexibility index (Phi) is 9.07. The molecule has 0 aromatic carbocycles. The number of ketones is 1. The second-order valence-electron chi connectivity index (χ2n) is 6.09. The van der Waals surface area contributed by atoms with Gasteiger partial charge < -0.3 is 20.1 Å². The zero-order valence-electron chi connectivity index (χ0n) is 14.6. The summed E-state index contributed by atoms with van der Waals surface area (Å²) < 4.78 is 10.4. The van der Waals surface area contributed by atoms with Crippen LogP contribution in [0.1, 0.15) is 39.5 Å². The van der Waals surface area contributed by atoms with Crippen molar-refractivity contribution < 1.29 is 23.9 Å². The molecule has 0 aromatic heterocycles. The van der Waals surface area contributed by atoms with Crippen molar-refractivity contribution in [2.75, 3.05) is 26.4 Å². The summed E-state index contributed by atoms with van der Waals surface area (Å²) in [5.41, 5.74) is 0. The molecule has 0 radical (unpaired) electrons. The largest absolute Gasteiger partial charge is 0.497 e. The Morgan fingerprint density at radius 1 is 1.08 bits per heavy atom. The average molecular weight is 340 g/mol. The van der Waals surface area contributed by atoms with Gasteiger partial charge in [0.15, 0.2) is 0 Å². The molecule has 7 heteroatoms. The number of carbonyl (C=O) groups excluding carboxylic acids is 3. The molecule has 1 fully saturated rings. The Morgan fingerprint density at radius 2 is 1.75 bits per heavy atom. The second kappa shape index (κ2) is 10.8. The lowest BCUT2D eigenvalue weighted by Crippen LogP contribution is -2.49. The van der Waals surface area contributed by atoms with E-state index in [2.05, 4.69) is 17.2 Å². The fraction of sp³-hybridized carbons (Fsp3) is 0.706. The molecule has 0 unspecified atom stereocenters. The fourth-order valence-electron chi connectivity index (χ4n) is 2.28. The van der Waals surface area contributed by atoms with Crippen LogP contribution < -0.4 is 10.6 Å². The maximum atomic E-state index is 11.9. The van der Waals surface area contributed by atoms with E-state index in [0.29, 0.717) is 51.4 Å². The molecule has 0 spiro atoms. The van der Waals surface area contributed by atoms with Crippen LogP contribution >= 0.6 is 0 Å². The van der Waals surface area contributed by atoms with E-state index in [1.54, 1.807) is 6.92 Å². The first kappa shape index (κ1) is 20.2. The van der Waals surface area contributed by atoms with Crippen LogP contribution in [-0.2, 0) is 23.9 Å². The quantitative estimate of drug-likeness (QED) is 0.407. The van der Waals surface area contributed by atoms with Crippen molar-refractivity contribution in [1.29, 1.82) is 0 Å². The van der Waals surface area contributed by atoms with Crippen molar-refractivity contribution in [2.24, 2.45) is 5.92 Å². The number of hydrogen-bond donors (Lipinski definition) is 2. The van der Waals surface area contributed by atoms with E-state index in [1.807, 2.05) is 0 Å². The van der Waals surface area contributed by atoms with E-state index in [0.717, 1.165) is 0 Å². The van der Waals surface area contributed by atoms with Crippen molar-refractivity contribution in [1.82, 2.24) is 10.6 Å². The number of allylic oxidation sites excluding steroid dienone is 1. The number of carbonyl (C=O) groups is 3. The summed E-state index contributed by atoms with van der Waals surface area (Å²) in [5.74, 6) is 0.562. The van der Waals surface area contributed by atoms with Gasteiger partial charge in [-0.05, 0) is 26.7 Å². The summed E-state index contributed by atoms with van der Waals surface area (Å²) in [6, 6.07) is 0.0529. The summed E-state index contributed by atoms with van der Waals surface area (Å²) in [6.45, 7) is 8.40. The van der Waals surface area contributed by atoms with Crippen LogP contribution in [0.2, 0.25) is 0 Å². The maximum absolute atomic E-state index is 11.9. The van der Waals surface area contributed by atoms with Crippen LogP contribution in [0.4, 0.5) is 0 Å². The number of ether oxygens (including phenoxy) is 2. The molecule has 0 bridgehead atoms. The molecule has 0 atom stereocenters. The number of nitrogens with one attached hydrogen (secondary N) is 2. The van der Waals surface area contributed by atoms with Gasteiger partial charge in [-0.1, -0.05) is 6.58 Å². The highest BCUT2D eigenvalue weighted by atomic mass is 16.5. The molecule has 1 aliphatic carbocycles. The molecule has 0 saturated heterocycles. The first-order chi connectivity index (χ1) is 11.4. The third-order valence-electron chi connectivity index (χ3n) is 3.70. The van der Waals surface area contributed by atoms with Gasteiger partial charge in [0.2, 0.25) is 11.8 Å². The predicted octanol–water partition coefficient (Wildman–Crippen LogP) is 0.933. The predicted molar refractivity (Wildman–Crippen MR) is 89.2 cm³/mol. The standard InChI is InChI=1S/C17H28N2O5/c1-12(2)24-9-6-18-17(22)14-10-15(11-14)19-16(21)5-8-23-7-4-13(3)20/h14-15H,1,4-11H2,2-3H3,(H,18,22)(H,19,21)/t14-,15-. The van der Waals surface area contributed by atoms with Crippen LogP contribution in [0, 0.1) is 5.92 Å². The highest BCUT2D eigenvalue weighted by Gasteiger charge is 2.34. The van der Waals surface area contributed by atoms with Gasteiger partial charge in [0.05, 0.1) is 25.5 Å². The number of hydrogen-bond acceptors (Lipinski definition) is 5. The van der Waals surface area contributed by atoms with Crippen molar-refractivity contribution in [3.8, 4) is 0 Å². The van der Waals surface area contributed by atoms with E-state index in [-0.39, 0.29) is 36.0 Å². The van der Waals surface area contributed by atoms with Gasteiger partial charge in [0, 0.05) is 24.8 Å². The maximum Gasteiger partial charge on any atom is 0.223 e. The molecule has 1 rings (SSSR count). The highest BCUT2D eigenvalue weighted by Crippen LogP contribution is 2.27. The molecule has 0 aliphatic heterocycles. The average Bonchev–Trinajstić information content (AvgIpc) is 2.45. The Bertz CT molecular complexity index is 458. The van der Waals surface area contributed by atoms with Crippen LogP contribution in [0.3, 0.4) is 0 Å². The Hall–Kier alpha value is -1.89. The normalized spacial score (nSPS) is 19.1. The van der Waals surface area contributed by atoms with Crippen molar-refractivity contribution in [2.45, 2.75) is 45.6 Å². The molecule has 2 N–H and O–H groups in total. The number of amides is 2. The first-order valence-corrected chi connectivity index (χ1v) is 8.31. The summed E-state index contributed by atoms with van der Waals surface area (Å²) in [6.07, 6.45) is 1.95. The lowest BCUT2D eigenvalue weighted by atomic mass is 9.79. The molecule has 1 aliphatic rings. The van der Waals surface area contributed by atoms with Crippen molar-refractivity contribution in [3.63, 3.8) is 0 Å². The molecular formula is C17H28N2O5. The zero-order chi connectivity index (χ0) is 17.9. The molecule has 136 valence electrons. The minimum atomic E-state index is -0.0865. The lowest BCUT2D eigenvalue weighted by Gasteiger charge is -2.34. The summed E-state index contributed by atoms with van der Waals surface area (Å²) in [7, 11) is 0. The Labute approximate surface area is 143 Å². The van der Waals surface area contributed by atoms with Gasteiger partial charge in [-0.25, -0.2) is 0 Å². The Balaban J connectivity index is 2.02. The SMILES string of the molecule is C=C(C)OCCNC(=O)[C@H]1C[C@H](NC(=O)CCOCCC(C)=O)C1. The van der Waals surface area contributed by atoms with Gasteiger partial charge >= 0.3 is 0 Å². The highest BCUT2D eigenvalue weighted by molar-refractivity contribution is 5.81. The van der Waals surface area contributed by atoms with Gasteiger partial charge in [0.1, 0.15) is 12.4 Å². The van der Waals surface area contributed by atoms with E-state index in [1.165, 1.54) is 6.92 Å².